The Balaban J connectivity index is -0.000000107. The minimum Gasteiger partial charge on any atom is -0.822 e. The summed E-state index contributed by atoms with van der Waals surface area (Å²) in [5.41, 5.74) is 6.07. The molecule has 0 rings (SSSR count). The summed E-state index contributed by atoms with van der Waals surface area (Å²) in [7, 11) is -5.39. The molecule has 0 radical (unpaired) electrons. The van der Waals surface area contributed by atoms with Gasteiger partial charge in [-0.2, -0.15) is 7.82 Å². The summed E-state index contributed by atoms with van der Waals surface area (Å²) in [5.74, 6) is -0.731. The number of rotatable bonds is 1. The van der Waals surface area contributed by atoms with Crippen LogP contribution in [0, 0.1) is 41.7 Å². The summed E-state index contributed by atoms with van der Waals surface area (Å²) in [6.07, 6.45) is 0.944. The number of nitrogens with one attached hydrogen (secondary N) is 1. The molecule has 0 fully saturated rings. The van der Waals surface area contributed by atoms with Crippen molar-refractivity contribution in [3.8, 4) is 0 Å². The van der Waals surface area contributed by atoms with Crippen LogP contribution in [0.1, 0.15) is 0 Å². The van der Waals surface area contributed by atoms with E-state index < -0.39 is 13.7 Å². The van der Waals surface area contributed by atoms with E-state index in [0.717, 1.165) is 6.08 Å². The second kappa shape index (κ2) is 8.79. The molecule has 0 aromatic heterocycles. The molecule has 0 aromatic carbocycles. The summed E-state index contributed by atoms with van der Waals surface area (Å²) >= 11 is 0. The van der Waals surface area contributed by atoms with E-state index in [0.29, 0.717) is 0 Å². The standard InChI is InChI=1S/C3H5NO.Ce.H3O4P/c1-2-3(4)5;;1-5(2,3)4/h2H,1H2,(H2,4,5);;(H3,1,2,3,4)/q;+4;/p-4. The van der Waals surface area contributed by atoms with Crippen LogP contribution in [0.2, 0.25) is 0 Å². The normalized spacial score (nSPS) is 8.27. The molecule has 8 heteroatoms. The van der Waals surface area contributed by atoms with Crippen molar-refractivity contribution < 1.29 is 65.8 Å². The maximum absolute atomic E-state index is 9.36. The van der Waals surface area contributed by atoms with Gasteiger partial charge in [0.1, 0.15) is 0 Å². The molecular weight excluding hydrogens is 301 g/mol. The van der Waals surface area contributed by atoms with Crippen molar-refractivity contribution in [1.82, 2.24) is 0 Å². The fourth-order valence-electron chi connectivity index (χ4n) is 0. The maximum Gasteiger partial charge on any atom is 4.00 e. The van der Waals surface area contributed by atoms with Crippen LogP contribution in [0.5, 0.6) is 0 Å². The van der Waals surface area contributed by atoms with Gasteiger partial charge in [-0.15, -0.1) is 0 Å². The first-order valence-electron chi connectivity index (χ1n) is 1.88. The predicted octanol–water partition coefficient (Wildman–Crippen LogP) is -2.07. The van der Waals surface area contributed by atoms with E-state index in [1.807, 2.05) is 0 Å². The molecule has 0 unspecified atom stereocenters. The van der Waals surface area contributed by atoms with Crippen molar-refractivity contribution in [2.24, 2.45) is 0 Å². The Labute approximate surface area is 97.1 Å². The van der Waals surface area contributed by atoms with Crippen LogP contribution in [-0.2, 0) is 9.36 Å². The fourth-order valence-corrected chi connectivity index (χ4v) is 0. The van der Waals surface area contributed by atoms with Crippen molar-refractivity contribution in [2.45, 2.75) is 0 Å². The minimum absolute atomic E-state index is 0. The van der Waals surface area contributed by atoms with Gasteiger partial charge in [-0.25, -0.2) is 0 Å². The molecular formula is C3H4CeNO5P. The maximum atomic E-state index is 9.36. The molecule has 0 spiro atoms. The van der Waals surface area contributed by atoms with Gasteiger partial charge in [0.05, 0.1) is 5.91 Å². The smallest absolute Gasteiger partial charge is 0.822 e. The molecule has 0 saturated carbocycles. The number of hydrogen-bond donors (Lipinski definition) is 0. The molecule has 0 saturated heterocycles. The van der Waals surface area contributed by atoms with Gasteiger partial charge in [0.15, 0.2) is 0 Å². The van der Waals surface area contributed by atoms with E-state index in [1.54, 1.807) is 0 Å². The van der Waals surface area contributed by atoms with Crippen molar-refractivity contribution in [2.75, 3.05) is 0 Å². The van der Waals surface area contributed by atoms with E-state index in [-0.39, 0.29) is 41.7 Å². The van der Waals surface area contributed by atoms with Gasteiger partial charge >= 0.3 is 41.7 Å². The van der Waals surface area contributed by atoms with E-state index in [1.165, 1.54) is 0 Å². The third-order valence-corrected chi connectivity index (χ3v) is 0.185. The topological polar surface area (TPSA) is 127 Å². The van der Waals surface area contributed by atoms with E-state index in [4.69, 9.17) is 25.0 Å². The Bertz CT molecular complexity index is 157. The average molecular weight is 305 g/mol. The molecule has 0 aromatic rings. The van der Waals surface area contributed by atoms with Crippen LogP contribution < -0.4 is 14.7 Å². The molecule has 60 valence electrons. The van der Waals surface area contributed by atoms with Gasteiger partial charge in [-0.3, -0.25) is 0 Å². The van der Waals surface area contributed by atoms with Gasteiger partial charge in [0.2, 0.25) is 0 Å². The summed E-state index contributed by atoms with van der Waals surface area (Å²) in [4.78, 5) is 35.0. The SMILES string of the molecule is C=CC([NH-])=O.O=P([O-])([O-])[O-].[Ce+4]. The second-order valence-electron chi connectivity index (χ2n) is 1.02. The van der Waals surface area contributed by atoms with Gasteiger partial charge < -0.3 is 29.8 Å². The summed E-state index contributed by atoms with van der Waals surface area (Å²) in [6, 6.07) is 0. The zero-order valence-corrected chi connectivity index (χ0v) is 9.31. The molecule has 0 aliphatic heterocycles. The molecule has 0 aliphatic carbocycles. The quantitative estimate of drug-likeness (QED) is 0.406. The summed E-state index contributed by atoms with van der Waals surface area (Å²) in [5, 5.41) is 0. The van der Waals surface area contributed by atoms with E-state index in [2.05, 4.69) is 6.58 Å². The fraction of sp³-hybridized carbons (Fsp3) is 0. The minimum atomic E-state index is -5.39. The van der Waals surface area contributed by atoms with Crippen LogP contribution >= 0.6 is 7.82 Å². The first-order chi connectivity index (χ1) is 4.27. The van der Waals surface area contributed by atoms with Crippen LogP contribution in [0.15, 0.2) is 12.7 Å². The summed E-state index contributed by atoms with van der Waals surface area (Å²) < 4.78 is 8.55. The molecule has 1 amide bonds. The Morgan fingerprint density at radius 2 is 1.55 bits per heavy atom. The van der Waals surface area contributed by atoms with Gasteiger partial charge in [-0.05, 0) is 6.08 Å². The zero-order valence-electron chi connectivity index (χ0n) is 5.27. The number of amides is 1. The van der Waals surface area contributed by atoms with Crippen LogP contribution in [0.25, 0.3) is 5.73 Å². The first kappa shape index (κ1) is 17.7. The van der Waals surface area contributed by atoms with E-state index in [9.17, 15) is 4.79 Å². The number of hydrogen-bond acceptors (Lipinski definition) is 5. The number of phosphoric acid groups is 1. The van der Waals surface area contributed by atoms with Crippen molar-refractivity contribution in [3.05, 3.63) is 18.4 Å². The second-order valence-corrected chi connectivity index (χ2v) is 1.91. The van der Waals surface area contributed by atoms with Gasteiger partial charge in [-0.1, -0.05) is 6.58 Å². The van der Waals surface area contributed by atoms with Crippen LogP contribution in [-0.4, -0.2) is 5.91 Å². The van der Waals surface area contributed by atoms with Crippen LogP contribution in [0.4, 0.5) is 0 Å². The number of carbonyl (C=O) groups excluding carboxylic acids is 1. The molecule has 0 bridgehead atoms. The Morgan fingerprint density at radius 1 is 1.45 bits per heavy atom. The molecule has 0 atom stereocenters. The van der Waals surface area contributed by atoms with Crippen LogP contribution in [0.3, 0.4) is 0 Å². The van der Waals surface area contributed by atoms with Crippen molar-refractivity contribution >= 4 is 13.7 Å². The number of carbonyl (C=O) groups is 1. The van der Waals surface area contributed by atoms with E-state index >= 15 is 0 Å². The first-order valence-corrected chi connectivity index (χ1v) is 3.34. The largest absolute Gasteiger partial charge is 4.00 e. The van der Waals surface area contributed by atoms with Crippen molar-refractivity contribution in [1.29, 1.82) is 0 Å². The van der Waals surface area contributed by atoms with Gasteiger partial charge in [0, 0.05) is 0 Å². The Kier molecular flexibility index (Phi) is 14.1. The summed E-state index contributed by atoms with van der Waals surface area (Å²) in [6.45, 7) is 3.02. The monoisotopic (exact) mass is 305 g/mol. The van der Waals surface area contributed by atoms with Gasteiger partial charge in [0.25, 0.3) is 0 Å². The predicted molar refractivity (Wildman–Crippen MR) is 27.1 cm³/mol. The zero-order chi connectivity index (χ0) is 8.78. The van der Waals surface area contributed by atoms with Crippen molar-refractivity contribution in [3.63, 3.8) is 0 Å². The average Bonchev–Trinajstić information content (AvgIpc) is 1.61. The third-order valence-electron chi connectivity index (χ3n) is 0.185. The third kappa shape index (κ3) is 111. The molecule has 6 nitrogen and oxygen atoms in total. The molecule has 0 aliphatic rings. The molecule has 0 heterocycles. The Hall–Kier alpha value is 0.697. The Morgan fingerprint density at radius 3 is 1.55 bits per heavy atom. The molecule has 1 N–H and O–H groups in total. The molecule has 11 heavy (non-hydrogen) atoms.